The van der Waals surface area contributed by atoms with Crippen molar-refractivity contribution in [3.8, 4) is 0 Å². The third kappa shape index (κ3) is 3.70. The van der Waals surface area contributed by atoms with Gasteiger partial charge in [-0.2, -0.15) is 0 Å². The molecule has 4 heteroatoms. The number of nitrogens with zero attached hydrogens (tertiary/aromatic N) is 2. The van der Waals surface area contributed by atoms with Crippen LogP contribution in [0.4, 0.5) is 11.4 Å². The molecule has 4 nitrogen and oxygen atoms in total. The number of carbonyl (C=O) groups is 1. The van der Waals surface area contributed by atoms with Crippen LogP contribution in [-0.2, 0) is 0 Å². The number of pyridine rings is 1. The molecular formula is C19H23N3O. The topological polar surface area (TPSA) is 45.2 Å². The number of amides is 1. The molecule has 1 aliphatic heterocycles. The number of hydrogen-bond acceptors (Lipinski definition) is 3. The van der Waals surface area contributed by atoms with E-state index in [4.69, 9.17) is 0 Å². The fraction of sp³-hybridized carbons (Fsp3) is 0.368. The summed E-state index contributed by atoms with van der Waals surface area (Å²) >= 11 is 0. The van der Waals surface area contributed by atoms with E-state index in [9.17, 15) is 4.79 Å². The molecule has 3 rings (SSSR count). The third-order valence-electron chi connectivity index (χ3n) is 4.30. The second-order valence-corrected chi connectivity index (χ2v) is 6.26. The first-order chi connectivity index (χ1) is 11.1. The number of likely N-dealkylation sites (tertiary alicyclic amines) is 1. The summed E-state index contributed by atoms with van der Waals surface area (Å²) in [5.41, 5.74) is 4.92. The smallest absolute Gasteiger partial charge is 0.255 e. The average Bonchev–Trinajstić information content (AvgIpc) is 2.58. The minimum atomic E-state index is 0.0850. The first-order valence-electron chi connectivity index (χ1n) is 8.22. The molecule has 1 aromatic heterocycles. The zero-order chi connectivity index (χ0) is 16.2. The van der Waals surface area contributed by atoms with Gasteiger partial charge in [0, 0.05) is 25.0 Å². The van der Waals surface area contributed by atoms with Gasteiger partial charge in [0.2, 0.25) is 0 Å². The predicted octanol–water partition coefficient (Wildman–Crippen LogP) is 4.07. The van der Waals surface area contributed by atoms with E-state index in [1.807, 2.05) is 11.0 Å². The number of rotatable bonds is 3. The van der Waals surface area contributed by atoms with E-state index >= 15 is 0 Å². The maximum atomic E-state index is 12.6. The van der Waals surface area contributed by atoms with E-state index in [1.54, 1.807) is 12.4 Å². The minimum Gasteiger partial charge on any atom is -0.354 e. The molecule has 0 spiro atoms. The number of aromatic nitrogens is 1. The van der Waals surface area contributed by atoms with E-state index in [0.717, 1.165) is 37.3 Å². The highest BCUT2D eigenvalue weighted by Crippen LogP contribution is 2.22. The van der Waals surface area contributed by atoms with Gasteiger partial charge in [-0.05, 0) is 56.4 Å². The zero-order valence-electron chi connectivity index (χ0n) is 13.8. The third-order valence-corrected chi connectivity index (χ3v) is 4.30. The molecule has 0 unspecified atom stereocenters. The fourth-order valence-corrected chi connectivity index (χ4v) is 2.93. The summed E-state index contributed by atoms with van der Waals surface area (Å²) in [5.74, 6) is 0.0850. The van der Waals surface area contributed by atoms with Gasteiger partial charge in [0.15, 0.2) is 0 Å². The van der Waals surface area contributed by atoms with Crippen molar-refractivity contribution < 1.29 is 4.79 Å². The predicted molar refractivity (Wildman–Crippen MR) is 93.2 cm³/mol. The van der Waals surface area contributed by atoms with Crippen LogP contribution in [0.2, 0.25) is 0 Å². The van der Waals surface area contributed by atoms with Crippen LogP contribution in [0, 0.1) is 13.8 Å². The zero-order valence-corrected chi connectivity index (χ0v) is 13.8. The lowest BCUT2D eigenvalue weighted by Gasteiger charge is -2.26. The van der Waals surface area contributed by atoms with Crippen LogP contribution in [0.15, 0.2) is 36.7 Å². The summed E-state index contributed by atoms with van der Waals surface area (Å²) in [6, 6.07) is 8.18. The number of carbonyl (C=O) groups excluding carboxylic acids is 1. The second-order valence-electron chi connectivity index (χ2n) is 6.26. The van der Waals surface area contributed by atoms with Crippen LogP contribution >= 0.6 is 0 Å². The van der Waals surface area contributed by atoms with Gasteiger partial charge in [-0.3, -0.25) is 9.78 Å². The van der Waals surface area contributed by atoms with Crippen molar-refractivity contribution in [1.82, 2.24) is 9.88 Å². The number of nitrogens with one attached hydrogen (secondary N) is 1. The van der Waals surface area contributed by atoms with Crippen molar-refractivity contribution in [2.45, 2.75) is 33.1 Å². The monoisotopic (exact) mass is 309 g/mol. The Kier molecular flexibility index (Phi) is 4.60. The number of hydrogen-bond donors (Lipinski definition) is 1. The van der Waals surface area contributed by atoms with E-state index in [2.05, 4.69) is 42.3 Å². The molecule has 1 N–H and O–H groups in total. The van der Waals surface area contributed by atoms with Crippen LogP contribution in [0.3, 0.4) is 0 Å². The average molecular weight is 309 g/mol. The van der Waals surface area contributed by atoms with Gasteiger partial charge >= 0.3 is 0 Å². The first-order valence-corrected chi connectivity index (χ1v) is 8.22. The quantitative estimate of drug-likeness (QED) is 0.929. The molecule has 1 amide bonds. The minimum absolute atomic E-state index is 0.0850. The van der Waals surface area contributed by atoms with E-state index in [1.165, 1.54) is 17.5 Å². The molecule has 1 saturated heterocycles. The van der Waals surface area contributed by atoms with Crippen molar-refractivity contribution in [2.24, 2.45) is 0 Å². The molecule has 0 atom stereocenters. The van der Waals surface area contributed by atoms with Gasteiger partial charge in [-0.1, -0.05) is 12.1 Å². The molecule has 120 valence electrons. The molecule has 23 heavy (non-hydrogen) atoms. The molecule has 0 radical (unpaired) electrons. The fourth-order valence-electron chi connectivity index (χ4n) is 2.93. The standard InChI is InChI=1S/C19H23N3O/c1-14-6-7-15(2)18(10-14)21-17-11-16(12-20-13-17)19(23)22-8-4-3-5-9-22/h6-7,10-13,21H,3-5,8-9H2,1-2H3. The van der Waals surface area contributed by atoms with E-state index < -0.39 is 0 Å². The second kappa shape index (κ2) is 6.82. The van der Waals surface area contributed by atoms with E-state index in [-0.39, 0.29) is 5.91 Å². The highest BCUT2D eigenvalue weighted by Gasteiger charge is 2.18. The van der Waals surface area contributed by atoms with Crippen molar-refractivity contribution in [3.63, 3.8) is 0 Å². The lowest BCUT2D eigenvalue weighted by molar-refractivity contribution is 0.0724. The van der Waals surface area contributed by atoms with Gasteiger partial charge in [-0.15, -0.1) is 0 Å². The Bertz CT molecular complexity index is 706. The van der Waals surface area contributed by atoms with Crippen molar-refractivity contribution in [1.29, 1.82) is 0 Å². The van der Waals surface area contributed by atoms with Crippen molar-refractivity contribution in [2.75, 3.05) is 18.4 Å². The summed E-state index contributed by atoms with van der Waals surface area (Å²) in [5, 5.41) is 3.38. The maximum Gasteiger partial charge on any atom is 0.255 e. The molecule has 1 aliphatic rings. The summed E-state index contributed by atoms with van der Waals surface area (Å²) in [7, 11) is 0. The summed E-state index contributed by atoms with van der Waals surface area (Å²) in [4.78, 5) is 18.8. The van der Waals surface area contributed by atoms with Crippen LogP contribution in [0.5, 0.6) is 0 Å². The summed E-state index contributed by atoms with van der Waals surface area (Å²) in [6.45, 7) is 5.85. The molecule has 2 aromatic rings. The lowest BCUT2D eigenvalue weighted by atomic mass is 10.1. The number of aryl methyl sites for hydroxylation is 2. The summed E-state index contributed by atoms with van der Waals surface area (Å²) < 4.78 is 0. The maximum absolute atomic E-state index is 12.6. The van der Waals surface area contributed by atoms with Crippen molar-refractivity contribution >= 4 is 17.3 Å². The van der Waals surface area contributed by atoms with Crippen LogP contribution in [0.1, 0.15) is 40.7 Å². The van der Waals surface area contributed by atoms with Crippen LogP contribution < -0.4 is 5.32 Å². The molecule has 0 aliphatic carbocycles. The molecular weight excluding hydrogens is 286 g/mol. The summed E-state index contributed by atoms with van der Waals surface area (Å²) in [6.07, 6.45) is 6.83. The Morgan fingerprint density at radius 2 is 1.87 bits per heavy atom. The number of benzene rings is 1. The molecule has 1 fully saturated rings. The Morgan fingerprint density at radius 1 is 1.09 bits per heavy atom. The lowest BCUT2D eigenvalue weighted by Crippen LogP contribution is -2.35. The van der Waals surface area contributed by atoms with Gasteiger partial charge in [0.1, 0.15) is 0 Å². The Morgan fingerprint density at radius 3 is 2.65 bits per heavy atom. The molecule has 0 bridgehead atoms. The van der Waals surface area contributed by atoms with Gasteiger partial charge in [0.25, 0.3) is 5.91 Å². The van der Waals surface area contributed by atoms with Gasteiger partial charge in [-0.25, -0.2) is 0 Å². The number of anilines is 2. The normalized spacial score (nSPS) is 14.6. The van der Waals surface area contributed by atoms with Crippen molar-refractivity contribution in [3.05, 3.63) is 53.3 Å². The molecule has 1 aromatic carbocycles. The number of piperidine rings is 1. The molecule has 0 saturated carbocycles. The Hall–Kier alpha value is -2.36. The van der Waals surface area contributed by atoms with E-state index in [0.29, 0.717) is 5.56 Å². The van der Waals surface area contributed by atoms with Gasteiger partial charge in [0.05, 0.1) is 17.4 Å². The highest BCUT2D eigenvalue weighted by molar-refractivity contribution is 5.95. The molecule has 2 heterocycles. The first kappa shape index (κ1) is 15.5. The van der Waals surface area contributed by atoms with Crippen LogP contribution in [-0.4, -0.2) is 28.9 Å². The van der Waals surface area contributed by atoms with Crippen LogP contribution in [0.25, 0.3) is 0 Å². The highest BCUT2D eigenvalue weighted by atomic mass is 16.2. The SMILES string of the molecule is Cc1ccc(C)c(Nc2cncc(C(=O)N3CCCCC3)c2)c1. The Labute approximate surface area is 137 Å². The Balaban J connectivity index is 1.79. The largest absolute Gasteiger partial charge is 0.354 e. The van der Waals surface area contributed by atoms with Gasteiger partial charge < -0.3 is 10.2 Å².